The molecule has 0 saturated carbocycles. The lowest BCUT2D eigenvalue weighted by Gasteiger charge is -2.14. The molecule has 1 aromatic heterocycles. The van der Waals surface area contributed by atoms with Crippen molar-refractivity contribution in [3.05, 3.63) is 65.5 Å². The summed E-state index contributed by atoms with van der Waals surface area (Å²) in [5.41, 5.74) is 7.40. The number of aromatic nitrogens is 2. The highest BCUT2D eigenvalue weighted by atomic mass is 19.4. The number of methoxy groups -OCH3 is 1. The van der Waals surface area contributed by atoms with E-state index < -0.39 is 23.9 Å². The Bertz CT molecular complexity index is 951. The number of alkyl halides is 3. The third kappa shape index (κ3) is 4.30. The van der Waals surface area contributed by atoms with E-state index in [0.29, 0.717) is 23.3 Å². The predicted octanol–water partition coefficient (Wildman–Crippen LogP) is 3.58. The van der Waals surface area contributed by atoms with Crippen molar-refractivity contribution < 1.29 is 27.2 Å². The number of benzene rings is 2. The van der Waals surface area contributed by atoms with E-state index >= 15 is 0 Å². The van der Waals surface area contributed by atoms with Crippen LogP contribution in [-0.2, 0) is 17.4 Å². The van der Waals surface area contributed by atoms with Crippen LogP contribution >= 0.6 is 0 Å². The minimum atomic E-state index is -4.71. The van der Waals surface area contributed by atoms with Crippen LogP contribution in [0.1, 0.15) is 22.9 Å². The number of amides is 1. The zero-order valence-electron chi connectivity index (χ0n) is 14.7. The van der Waals surface area contributed by atoms with Crippen molar-refractivity contribution in [3.63, 3.8) is 0 Å². The van der Waals surface area contributed by atoms with Gasteiger partial charge in [-0.2, -0.15) is 18.2 Å². The highest BCUT2D eigenvalue weighted by molar-refractivity contribution is 5.82. The number of nitrogens with zero attached hydrogens (tertiary/aromatic N) is 2. The average molecular weight is 391 g/mol. The molecule has 9 heteroatoms. The van der Waals surface area contributed by atoms with E-state index in [0.717, 1.165) is 5.56 Å². The third-order valence-electron chi connectivity index (χ3n) is 4.18. The molecule has 1 unspecified atom stereocenters. The Labute approximate surface area is 158 Å². The second-order valence-corrected chi connectivity index (χ2v) is 6.05. The number of carbonyl (C=O) groups is 1. The van der Waals surface area contributed by atoms with E-state index in [2.05, 4.69) is 14.7 Å². The molecule has 0 aliphatic heterocycles. The molecule has 0 spiro atoms. The summed E-state index contributed by atoms with van der Waals surface area (Å²) >= 11 is 0. The van der Waals surface area contributed by atoms with Crippen LogP contribution in [0.25, 0.3) is 11.4 Å². The van der Waals surface area contributed by atoms with E-state index in [4.69, 9.17) is 10.5 Å². The van der Waals surface area contributed by atoms with Gasteiger partial charge in [0, 0.05) is 5.56 Å². The zero-order valence-corrected chi connectivity index (χ0v) is 14.7. The highest BCUT2D eigenvalue weighted by Crippen LogP contribution is 2.30. The minimum absolute atomic E-state index is 0.190. The van der Waals surface area contributed by atoms with Crippen LogP contribution < -0.4 is 10.5 Å². The number of primary amides is 1. The number of ether oxygens (including phenoxy) is 1. The van der Waals surface area contributed by atoms with Crippen LogP contribution in [0.3, 0.4) is 0 Å². The molecule has 1 atom stereocenters. The van der Waals surface area contributed by atoms with Crippen LogP contribution in [0.4, 0.5) is 13.2 Å². The van der Waals surface area contributed by atoms with Gasteiger partial charge in [0.25, 0.3) is 0 Å². The van der Waals surface area contributed by atoms with E-state index in [9.17, 15) is 18.0 Å². The van der Waals surface area contributed by atoms with Crippen LogP contribution in [-0.4, -0.2) is 23.2 Å². The first-order chi connectivity index (χ1) is 13.3. The number of rotatable bonds is 6. The van der Waals surface area contributed by atoms with Gasteiger partial charge >= 0.3 is 12.1 Å². The molecule has 0 aliphatic rings. The third-order valence-corrected chi connectivity index (χ3v) is 4.18. The number of nitrogens with two attached hydrogens (primary N) is 1. The lowest BCUT2D eigenvalue weighted by molar-refractivity contribution is -0.159. The molecular formula is C19H16F3N3O3. The zero-order chi connectivity index (χ0) is 20.3. The first-order valence-electron chi connectivity index (χ1n) is 8.21. The summed E-state index contributed by atoms with van der Waals surface area (Å²) in [5, 5.41) is 3.34. The first-order valence-corrected chi connectivity index (χ1v) is 8.21. The van der Waals surface area contributed by atoms with Gasteiger partial charge in [0.1, 0.15) is 5.75 Å². The maximum Gasteiger partial charge on any atom is 0.471 e. The highest BCUT2D eigenvalue weighted by Gasteiger charge is 2.38. The van der Waals surface area contributed by atoms with Crippen LogP contribution in [0.15, 0.2) is 53.1 Å². The standard InChI is InChI=1S/C19H16F3N3O3/c1-27-14-8-2-11(3-9-14)10-15(16(23)26)12-4-6-13(7-5-12)17-24-18(28-25-17)19(20,21)22/h2-9,15H,10H2,1H3,(H2,23,26). The van der Waals surface area contributed by atoms with Crippen molar-refractivity contribution in [2.45, 2.75) is 18.5 Å². The quantitative estimate of drug-likeness (QED) is 0.694. The Morgan fingerprint density at radius 2 is 1.79 bits per heavy atom. The summed E-state index contributed by atoms with van der Waals surface area (Å²) in [4.78, 5) is 15.3. The van der Waals surface area contributed by atoms with Crippen molar-refractivity contribution >= 4 is 5.91 Å². The van der Waals surface area contributed by atoms with Crippen molar-refractivity contribution in [2.75, 3.05) is 7.11 Å². The Morgan fingerprint density at radius 1 is 1.14 bits per heavy atom. The Balaban J connectivity index is 1.80. The molecule has 6 nitrogen and oxygen atoms in total. The molecule has 0 aliphatic carbocycles. The van der Waals surface area contributed by atoms with E-state index in [-0.39, 0.29) is 5.82 Å². The lowest BCUT2D eigenvalue weighted by atomic mass is 9.91. The molecule has 0 fully saturated rings. The van der Waals surface area contributed by atoms with Gasteiger partial charge in [0.2, 0.25) is 11.7 Å². The van der Waals surface area contributed by atoms with Crippen molar-refractivity contribution in [1.82, 2.24) is 10.1 Å². The Morgan fingerprint density at radius 3 is 2.29 bits per heavy atom. The maximum absolute atomic E-state index is 12.6. The average Bonchev–Trinajstić information content (AvgIpc) is 3.17. The van der Waals surface area contributed by atoms with Gasteiger partial charge < -0.3 is 15.0 Å². The first kappa shape index (κ1) is 19.4. The van der Waals surface area contributed by atoms with E-state index in [1.165, 1.54) is 12.1 Å². The van der Waals surface area contributed by atoms with Gasteiger partial charge in [-0.15, -0.1) is 0 Å². The molecule has 2 aromatic carbocycles. The van der Waals surface area contributed by atoms with E-state index in [1.54, 1.807) is 31.4 Å². The summed E-state index contributed by atoms with van der Waals surface area (Å²) in [7, 11) is 1.56. The number of hydrogen-bond acceptors (Lipinski definition) is 5. The summed E-state index contributed by atoms with van der Waals surface area (Å²) < 4.78 is 47.1. The van der Waals surface area contributed by atoms with Crippen molar-refractivity contribution in [1.29, 1.82) is 0 Å². The van der Waals surface area contributed by atoms with Crippen LogP contribution in [0.2, 0.25) is 0 Å². The molecule has 146 valence electrons. The van der Waals surface area contributed by atoms with Gasteiger partial charge in [-0.1, -0.05) is 41.6 Å². The second kappa shape index (κ2) is 7.71. The van der Waals surface area contributed by atoms with Crippen LogP contribution in [0, 0.1) is 0 Å². The molecule has 0 bridgehead atoms. The molecule has 3 aromatic rings. The molecule has 1 amide bonds. The molecule has 2 N–H and O–H groups in total. The SMILES string of the molecule is COc1ccc(CC(C(N)=O)c2ccc(-c3noc(C(F)(F)F)n3)cc2)cc1. The Hall–Kier alpha value is -3.36. The fourth-order valence-corrected chi connectivity index (χ4v) is 2.70. The summed E-state index contributed by atoms with van der Waals surface area (Å²) in [6.45, 7) is 0. The second-order valence-electron chi connectivity index (χ2n) is 6.05. The Kier molecular flexibility index (Phi) is 5.34. The number of halogens is 3. The smallest absolute Gasteiger partial charge is 0.471 e. The molecule has 28 heavy (non-hydrogen) atoms. The summed E-state index contributed by atoms with van der Waals surface area (Å²) in [6, 6.07) is 13.5. The van der Waals surface area contributed by atoms with Crippen LogP contribution in [0.5, 0.6) is 5.75 Å². The van der Waals surface area contributed by atoms with E-state index in [1.807, 2.05) is 12.1 Å². The van der Waals surface area contributed by atoms with Gasteiger partial charge in [-0.05, 0) is 29.7 Å². The number of hydrogen-bond donors (Lipinski definition) is 1. The molecule has 0 saturated heterocycles. The number of carbonyl (C=O) groups excluding carboxylic acids is 1. The molecule has 3 rings (SSSR count). The largest absolute Gasteiger partial charge is 0.497 e. The predicted molar refractivity (Wildman–Crippen MR) is 93.4 cm³/mol. The maximum atomic E-state index is 12.6. The minimum Gasteiger partial charge on any atom is -0.497 e. The summed E-state index contributed by atoms with van der Waals surface area (Å²) in [6.07, 6.45) is -4.33. The van der Waals surface area contributed by atoms with Crippen molar-refractivity contribution in [3.8, 4) is 17.1 Å². The van der Waals surface area contributed by atoms with Gasteiger partial charge in [0.15, 0.2) is 0 Å². The van der Waals surface area contributed by atoms with Gasteiger partial charge in [0.05, 0.1) is 13.0 Å². The summed E-state index contributed by atoms with van der Waals surface area (Å²) in [5.74, 6) is -2.02. The monoisotopic (exact) mass is 391 g/mol. The normalized spacial score (nSPS) is 12.6. The molecule has 1 heterocycles. The lowest BCUT2D eigenvalue weighted by Crippen LogP contribution is -2.23. The molecule has 0 radical (unpaired) electrons. The molecular weight excluding hydrogens is 375 g/mol. The fraction of sp³-hybridized carbons (Fsp3) is 0.211. The topological polar surface area (TPSA) is 91.2 Å². The van der Waals surface area contributed by atoms with Gasteiger partial charge in [-0.25, -0.2) is 0 Å². The van der Waals surface area contributed by atoms with Gasteiger partial charge in [-0.3, -0.25) is 4.79 Å². The fourth-order valence-electron chi connectivity index (χ4n) is 2.70. The van der Waals surface area contributed by atoms with Crippen molar-refractivity contribution in [2.24, 2.45) is 5.73 Å².